The van der Waals surface area contributed by atoms with Gasteiger partial charge >= 0.3 is 0 Å². The first-order valence-corrected chi connectivity index (χ1v) is 23.6. The van der Waals surface area contributed by atoms with E-state index in [1.54, 1.807) is 11.3 Å². The van der Waals surface area contributed by atoms with Crippen LogP contribution in [0, 0.1) is 0 Å². The molecule has 16 rings (SSSR count). The van der Waals surface area contributed by atoms with Gasteiger partial charge in [-0.05, 0) is 93.0 Å². The fourth-order valence-corrected chi connectivity index (χ4v) is 12.4. The van der Waals surface area contributed by atoms with Crippen molar-refractivity contribution in [1.82, 2.24) is 19.5 Å². The Morgan fingerprint density at radius 3 is 1.88 bits per heavy atom. The molecule has 0 amide bonds. The van der Waals surface area contributed by atoms with E-state index in [2.05, 4.69) is 162 Å². The van der Waals surface area contributed by atoms with Gasteiger partial charge in [0, 0.05) is 69.3 Å². The molecule has 6 nitrogen and oxygen atoms in total. The quantitative estimate of drug-likeness (QED) is 0.165. The molecule has 0 bridgehead atoms. The molecule has 0 unspecified atom stereocenters. The SMILES string of the molecule is c1cc2ccc3cc4c(c5ccc(c1)c2c35)c1ccccc1n4-c1cc(-c2nc(-c3ccc4c(c3)oc3ccccc34)nc(-c3cccc4c3oc3ccccc34)n2)c2sc3ccccc3c2c1. The molecule has 68 heavy (non-hydrogen) atoms. The van der Waals surface area contributed by atoms with Crippen LogP contribution in [0.3, 0.4) is 0 Å². The summed E-state index contributed by atoms with van der Waals surface area (Å²) >= 11 is 1.77. The lowest BCUT2D eigenvalue weighted by molar-refractivity contribution is 0.668. The second-order valence-corrected chi connectivity index (χ2v) is 18.9. The summed E-state index contributed by atoms with van der Waals surface area (Å²) in [5, 5.41) is 16.6. The Hall–Kier alpha value is -8.91. The van der Waals surface area contributed by atoms with Gasteiger partial charge in [0.1, 0.15) is 22.3 Å². The van der Waals surface area contributed by atoms with Gasteiger partial charge in [-0.2, -0.15) is 0 Å². The molecule has 0 atom stereocenters. The number of benzene rings is 11. The van der Waals surface area contributed by atoms with Crippen LogP contribution >= 0.6 is 11.3 Å². The lowest BCUT2D eigenvalue weighted by Gasteiger charge is -2.15. The van der Waals surface area contributed by atoms with Gasteiger partial charge in [0.2, 0.25) is 0 Å². The van der Waals surface area contributed by atoms with Crippen LogP contribution in [0.1, 0.15) is 0 Å². The summed E-state index contributed by atoms with van der Waals surface area (Å²) < 4.78 is 17.8. The van der Waals surface area contributed by atoms with E-state index >= 15 is 0 Å². The highest BCUT2D eigenvalue weighted by atomic mass is 32.1. The molecule has 0 N–H and O–H groups in total. The summed E-state index contributed by atoms with van der Waals surface area (Å²) in [7, 11) is 0. The Kier molecular flexibility index (Phi) is 7.13. The van der Waals surface area contributed by atoms with Crippen molar-refractivity contribution in [3.8, 4) is 39.9 Å². The van der Waals surface area contributed by atoms with Crippen LogP contribution in [0.2, 0.25) is 0 Å². The molecule has 0 spiro atoms. The first-order valence-electron chi connectivity index (χ1n) is 22.8. The normalized spacial score (nSPS) is 12.4. The molecule has 0 aliphatic carbocycles. The van der Waals surface area contributed by atoms with Crippen molar-refractivity contribution in [2.24, 2.45) is 0 Å². The first kappa shape index (κ1) is 36.3. The summed E-state index contributed by atoms with van der Waals surface area (Å²) in [6.45, 7) is 0. The third-order valence-electron chi connectivity index (χ3n) is 14.2. The molecular weight excluding hydrogens is 853 g/mol. The summed E-state index contributed by atoms with van der Waals surface area (Å²) in [6, 6.07) is 69.1. The standard InChI is InChI=1S/C61H32N4O2S/c1-5-19-48-43(16-1)56-44-28-25-34-12-9-11-33-23-24-35(55(44)54(33)34)29-49(56)65(48)37-31-46-41-15-4-8-22-53(41)68-58(46)47(32-37)61-63-59(36-26-27-40-38-13-2-6-20-50(38)66-52(40)30-36)62-60(64-61)45-18-10-17-42-39-14-3-7-21-51(39)67-57(42)45/h1-32H. The minimum absolute atomic E-state index is 0.528. The van der Waals surface area contributed by atoms with E-state index in [1.807, 2.05) is 36.4 Å². The van der Waals surface area contributed by atoms with Crippen LogP contribution in [0.5, 0.6) is 0 Å². The van der Waals surface area contributed by atoms with Gasteiger partial charge in [0.05, 0.1) is 16.6 Å². The molecule has 5 aromatic heterocycles. The molecule has 0 aliphatic heterocycles. The van der Waals surface area contributed by atoms with Crippen molar-refractivity contribution in [1.29, 1.82) is 0 Å². The van der Waals surface area contributed by atoms with Crippen molar-refractivity contribution in [2.75, 3.05) is 0 Å². The van der Waals surface area contributed by atoms with E-state index in [-0.39, 0.29) is 0 Å². The maximum Gasteiger partial charge on any atom is 0.167 e. The van der Waals surface area contributed by atoms with Gasteiger partial charge in [-0.15, -0.1) is 11.3 Å². The number of furan rings is 2. The van der Waals surface area contributed by atoms with E-state index in [0.717, 1.165) is 87.4 Å². The number of para-hydroxylation sites is 4. The Labute approximate surface area is 389 Å². The number of rotatable bonds is 4. The number of hydrogen-bond acceptors (Lipinski definition) is 6. The Morgan fingerprint density at radius 2 is 1.01 bits per heavy atom. The predicted octanol–water partition coefficient (Wildman–Crippen LogP) is 17.0. The monoisotopic (exact) mass is 884 g/mol. The van der Waals surface area contributed by atoms with E-state index < -0.39 is 0 Å². The van der Waals surface area contributed by atoms with E-state index in [0.29, 0.717) is 17.5 Å². The average molecular weight is 885 g/mol. The average Bonchev–Trinajstić information content (AvgIpc) is 4.16. The number of aromatic nitrogens is 4. The maximum atomic E-state index is 6.64. The fourth-order valence-electron chi connectivity index (χ4n) is 11.2. The summed E-state index contributed by atoms with van der Waals surface area (Å²) in [5.41, 5.74) is 9.03. The van der Waals surface area contributed by atoms with Gasteiger partial charge in [-0.25, -0.2) is 15.0 Å². The van der Waals surface area contributed by atoms with Crippen molar-refractivity contribution < 1.29 is 8.83 Å². The smallest absolute Gasteiger partial charge is 0.167 e. The van der Waals surface area contributed by atoms with Crippen molar-refractivity contribution in [3.63, 3.8) is 0 Å². The largest absolute Gasteiger partial charge is 0.456 e. The second kappa shape index (κ2) is 13.3. The van der Waals surface area contributed by atoms with E-state index in [1.165, 1.54) is 53.2 Å². The number of fused-ring (bicyclic) bond motifs is 13. The van der Waals surface area contributed by atoms with Gasteiger partial charge in [0.15, 0.2) is 17.5 Å². The highest BCUT2D eigenvalue weighted by Crippen LogP contribution is 2.47. The van der Waals surface area contributed by atoms with Crippen molar-refractivity contribution >= 4 is 130 Å². The third kappa shape index (κ3) is 4.97. The van der Waals surface area contributed by atoms with Crippen LogP contribution in [-0.2, 0) is 0 Å². The highest BCUT2D eigenvalue weighted by Gasteiger charge is 2.24. The fraction of sp³-hybridized carbons (Fsp3) is 0. The zero-order chi connectivity index (χ0) is 44.2. The van der Waals surface area contributed by atoms with E-state index in [4.69, 9.17) is 23.8 Å². The van der Waals surface area contributed by atoms with Crippen LogP contribution in [0.25, 0.3) is 158 Å². The number of thiophene rings is 1. The molecule has 0 radical (unpaired) electrons. The zero-order valence-corrected chi connectivity index (χ0v) is 36.8. The van der Waals surface area contributed by atoms with Crippen LogP contribution in [0.4, 0.5) is 0 Å². The second-order valence-electron chi connectivity index (χ2n) is 17.8. The number of nitrogens with zero attached hydrogens (tertiary/aromatic N) is 4. The van der Waals surface area contributed by atoms with E-state index in [9.17, 15) is 0 Å². The lowest BCUT2D eigenvalue weighted by Crippen LogP contribution is -2.02. The Morgan fingerprint density at radius 1 is 0.368 bits per heavy atom. The molecule has 0 fully saturated rings. The number of hydrogen-bond donors (Lipinski definition) is 0. The summed E-state index contributed by atoms with van der Waals surface area (Å²) in [6.07, 6.45) is 0. The topological polar surface area (TPSA) is 69.9 Å². The predicted molar refractivity (Wildman–Crippen MR) is 282 cm³/mol. The van der Waals surface area contributed by atoms with Gasteiger partial charge in [0.25, 0.3) is 0 Å². The minimum Gasteiger partial charge on any atom is -0.456 e. The molecule has 16 aromatic rings. The summed E-state index contributed by atoms with van der Waals surface area (Å²) in [5.74, 6) is 1.64. The maximum absolute atomic E-state index is 6.64. The molecule has 0 saturated heterocycles. The summed E-state index contributed by atoms with van der Waals surface area (Å²) in [4.78, 5) is 16.2. The van der Waals surface area contributed by atoms with Gasteiger partial charge in [-0.1, -0.05) is 133 Å². The third-order valence-corrected chi connectivity index (χ3v) is 15.4. The van der Waals surface area contributed by atoms with Gasteiger partial charge < -0.3 is 13.4 Å². The lowest BCUT2D eigenvalue weighted by atomic mass is 9.92. The van der Waals surface area contributed by atoms with Crippen molar-refractivity contribution in [2.45, 2.75) is 0 Å². The molecule has 11 aromatic carbocycles. The molecular formula is C61H32N4O2S. The minimum atomic E-state index is 0.528. The van der Waals surface area contributed by atoms with Crippen LogP contribution in [0.15, 0.2) is 203 Å². The Bertz CT molecular complexity index is 4810. The molecule has 0 aliphatic rings. The first-order chi connectivity index (χ1) is 33.7. The van der Waals surface area contributed by atoms with Crippen LogP contribution in [-0.4, -0.2) is 19.5 Å². The Balaban J connectivity index is 1.01. The molecule has 7 heteroatoms. The highest BCUT2D eigenvalue weighted by molar-refractivity contribution is 7.26. The zero-order valence-electron chi connectivity index (χ0n) is 36.0. The van der Waals surface area contributed by atoms with Crippen LogP contribution < -0.4 is 0 Å². The molecule has 0 saturated carbocycles. The molecule has 314 valence electrons. The van der Waals surface area contributed by atoms with Crippen molar-refractivity contribution in [3.05, 3.63) is 194 Å². The molecule has 5 heterocycles. The van der Waals surface area contributed by atoms with Gasteiger partial charge in [-0.3, -0.25) is 0 Å².